The summed E-state index contributed by atoms with van der Waals surface area (Å²) in [5, 5.41) is 8.91. The van der Waals surface area contributed by atoms with Crippen molar-refractivity contribution in [2.75, 3.05) is 11.4 Å². The summed E-state index contributed by atoms with van der Waals surface area (Å²) in [7, 11) is -4.25. The second kappa shape index (κ2) is 7.33. The highest BCUT2D eigenvalue weighted by Gasteiger charge is 2.26. The van der Waals surface area contributed by atoms with Crippen molar-refractivity contribution in [2.45, 2.75) is 4.90 Å². The van der Waals surface area contributed by atoms with Crippen LogP contribution in [0.1, 0.15) is 0 Å². The number of halogens is 1. The molecule has 0 bridgehead atoms. The fraction of sp³-hybridized carbons (Fsp3) is 0.0667. The molecule has 2 N–H and O–H groups in total. The van der Waals surface area contributed by atoms with Gasteiger partial charge in [0.1, 0.15) is 11.4 Å². The molecule has 0 atom stereocenters. The Kier molecular flexibility index (Phi) is 5.42. The van der Waals surface area contributed by atoms with Crippen LogP contribution >= 0.6 is 11.6 Å². The monoisotopic (exact) mass is 368 g/mol. The highest BCUT2D eigenvalue weighted by molar-refractivity contribution is 7.90. The Hall–Kier alpha value is -2.58. The number of carbonyl (C=O) groups excluding carboxylic acids is 1. The van der Waals surface area contributed by atoms with Gasteiger partial charge in [-0.15, -0.1) is 0 Å². The molecule has 9 heteroatoms. The summed E-state index contributed by atoms with van der Waals surface area (Å²) in [6, 6.07) is 12.4. The van der Waals surface area contributed by atoms with Crippen LogP contribution in [0.3, 0.4) is 0 Å². The number of para-hydroxylation sites is 1. The Balaban J connectivity index is 2.31. The Morgan fingerprint density at radius 1 is 1.04 bits per heavy atom. The second-order valence-corrected chi connectivity index (χ2v) is 6.71. The number of nitrogens with one attached hydrogen (secondary N) is 1. The van der Waals surface area contributed by atoms with E-state index in [1.54, 1.807) is 24.3 Å². The molecule has 0 aliphatic carbocycles. The lowest BCUT2D eigenvalue weighted by Gasteiger charge is -2.21. The summed E-state index contributed by atoms with van der Waals surface area (Å²) < 4.78 is 26.4. The van der Waals surface area contributed by atoms with Gasteiger partial charge in [-0.05, 0) is 24.3 Å². The number of hydrogen-bond acceptors (Lipinski definition) is 4. The molecular formula is C15H13ClN2O5S. The zero-order valence-corrected chi connectivity index (χ0v) is 13.8. The maximum atomic E-state index is 12.3. The minimum absolute atomic E-state index is 0.0534. The van der Waals surface area contributed by atoms with Gasteiger partial charge in [-0.3, -0.25) is 9.69 Å². The summed E-state index contributed by atoms with van der Waals surface area (Å²) in [6.07, 6.45) is 0. The van der Waals surface area contributed by atoms with Crippen LogP contribution in [-0.2, 0) is 14.8 Å². The zero-order chi connectivity index (χ0) is 17.7. The van der Waals surface area contributed by atoms with Crippen molar-refractivity contribution in [3.63, 3.8) is 0 Å². The van der Waals surface area contributed by atoms with Gasteiger partial charge in [0.05, 0.1) is 5.02 Å². The van der Waals surface area contributed by atoms with Crippen LogP contribution in [0.15, 0.2) is 59.5 Å². The first-order valence-corrected chi connectivity index (χ1v) is 8.53. The van der Waals surface area contributed by atoms with E-state index in [0.29, 0.717) is 0 Å². The van der Waals surface area contributed by atoms with Crippen LogP contribution in [-0.4, -0.2) is 32.1 Å². The van der Waals surface area contributed by atoms with Gasteiger partial charge in [0.2, 0.25) is 0 Å². The summed E-state index contributed by atoms with van der Waals surface area (Å²) >= 11 is 5.83. The molecule has 24 heavy (non-hydrogen) atoms. The van der Waals surface area contributed by atoms with E-state index in [9.17, 15) is 18.0 Å². The van der Waals surface area contributed by atoms with E-state index in [4.69, 9.17) is 16.7 Å². The van der Waals surface area contributed by atoms with Crippen LogP contribution in [0.4, 0.5) is 10.5 Å². The highest BCUT2D eigenvalue weighted by atomic mass is 35.5. The lowest BCUT2D eigenvalue weighted by atomic mass is 10.3. The third-order valence-electron chi connectivity index (χ3n) is 2.95. The molecule has 0 saturated heterocycles. The lowest BCUT2D eigenvalue weighted by molar-refractivity contribution is -0.135. The molecule has 0 saturated carbocycles. The molecule has 2 aromatic carbocycles. The molecule has 126 valence electrons. The SMILES string of the molecule is O=C(O)CN(C(=O)NS(=O)(=O)c1ccccc1Cl)c1ccccc1. The largest absolute Gasteiger partial charge is 0.480 e. The van der Waals surface area contributed by atoms with E-state index in [0.717, 1.165) is 4.90 Å². The number of carboxylic acid groups (broad SMARTS) is 1. The van der Waals surface area contributed by atoms with Gasteiger partial charge in [0.25, 0.3) is 10.0 Å². The van der Waals surface area contributed by atoms with E-state index in [1.165, 1.54) is 30.3 Å². The summed E-state index contributed by atoms with van der Waals surface area (Å²) in [6.45, 7) is -0.701. The van der Waals surface area contributed by atoms with E-state index in [-0.39, 0.29) is 15.6 Å². The molecule has 2 amide bonds. The summed E-state index contributed by atoms with van der Waals surface area (Å²) in [5.74, 6) is -1.29. The van der Waals surface area contributed by atoms with Crippen LogP contribution < -0.4 is 9.62 Å². The number of urea groups is 1. The molecule has 0 unspecified atom stereocenters. The molecule has 0 aromatic heterocycles. The smallest absolute Gasteiger partial charge is 0.336 e. The predicted octanol–water partition coefficient (Wildman–Crippen LogP) is 2.33. The molecular weight excluding hydrogens is 356 g/mol. The highest BCUT2D eigenvalue weighted by Crippen LogP contribution is 2.21. The maximum absolute atomic E-state index is 12.3. The van der Waals surface area contributed by atoms with Gasteiger partial charge in [-0.1, -0.05) is 41.9 Å². The predicted molar refractivity (Wildman–Crippen MR) is 88.6 cm³/mol. The minimum atomic E-state index is -4.25. The number of amides is 2. The number of anilines is 1. The Bertz CT molecular complexity index is 855. The first kappa shape index (κ1) is 17.8. The third-order valence-corrected chi connectivity index (χ3v) is 4.77. The van der Waals surface area contributed by atoms with Crippen molar-refractivity contribution in [1.82, 2.24) is 4.72 Å². The van der Waals surface area contributed by atoms with Crippen LogP contribution in [0.2, 0.25) is 5.02 Å². The van der Waals surface area contributed by atoms with Crippen molar-refractivity contribution in [3.8, 4) is 0 Å². The molecule has 0 heterocycles. The second-order valence-electron chi connectivity index (χ2n) is 4.66. The first-order valence-electron chi connectivity index (χ1n) is 6.67. The van der Waals surface area contributed by atoms with Gasteiger partial charge in [-0.25, -0.2) is 17.9 Å². The van der Waals surface area contributed by atoms with Gasteiger partial charge in [0.15, 0.2) is 0 Å². The van der Waals surface area contributed by atoms with Crippen LogP contribution in [0.5, 0.6) is 0 Å². The standard InChI is InChI=1S/C15H13ClN2O5S/c16-12-8-4-5-9-13(12)24(22,23)17-15(21)18(10-14(19)20)11-6-2-1-3-7-11/h1-9H,10H2,(H,17,21)(H,19,20). The van der Waals surface area contributed by atoms with Crippen molar-refractivity contribution in [2.24, 2.45) is 0 Å². The molecule has 2 aromatic rings. The van der Waals surface area contributed by atoms with Crippen LogP contribution in [0.25, 0.3) is 0 Å². The summed E-state index contributed by atoms with van der Waals surface area (Å²) in [5.41, 5.74) is 0.242. The quantitative estimate of drug-likeness (QED) is 0.842. The minimum Gasteiger partial charge on any atom is -0.480 e. The molecule has 0 aliphatic rings. The average molecular weight is 369 g/mol. The third kappa shape index (κ3) is 4.24. The molecule has 0 aliphatic heterocycles. The number of aliphatic carboxylic acids is 1. The molecule has 0 radical (unpaired) electrons. The Morgan fingerprint density at radius 2 is 1.62 bits per heavy atom. The molecule has 2 rings (SSSR count). The Morgan fingerprint density at radius 3 is 2.21 bits per heavy atom. The number of carbonyl (C=O) groups is 2. The number of carboxylic acids is 1. The number of rotatable bonds is 5. The maximum Gasteiger partial charge on any atom is 0.336 e. The molecule has 0 fully saturated rings. The van der Waals surface area contributed by atoms with Gasteiger partial charge in [-0.2, -0.15) is 0 Å². The molecule has 0 spiro atoms. The zero-order valence-electron chi connectivity index (χ0n) is 12.2. The van der Waals surface area contributed by atoms with Crippen molar-refractivity contribution in [1.29, 1.82) is 0 Å². The number of hydrogen-bond donors (Lipinski definition) is 2. The van der Waals surface area contributed by atoms with Gasteiger partial charge >= 0.3 is 12.0 Å². The summed E-state index contributed by atoms with van der Waals surface area (Å²) in [4.78, 5) is 23.8. The average Bonchev–Trinajstić information content (AvgIpc) is 2.53. The van der Waals surface area contributed by atoms with Gasteiger partial charge < -0.3 is 5.11 Å². The number of benzene rings is 2. The number of nitrogens with zero attached hydrogens (tertiary/aromatic N) is 1. The van der Waals surface area contributed by atoms with Crippen molar-refractivity contribution in [3.05, 3.63) is 59.6 Å². The van der Waals surface area contributed by atoms with Crippen molar-refractivity contribution < 1.29 is 23.1 Å². The van der Waals surface area contributed by atoms with E-state index >= 15 is 0 Å². The fourth-order valence-corrected chi connectivity index (χ4v) is 3.38. The number of sulfonamides is 1. The fourth-order valence-electron chi connectivity index (χ4n) is 1.91. The Labute approximate surface area is 143 Å². The van der Waals surface area contributed by atoms with Crippen LogP contribution in [0, 0.1) is 0 Å². The first-order chi connectivity index (χ1) is 11.3. The van der Waals surface area contributed by atoms with Crippen molar-refractivity contribution >= 4 is 39.3 Å². The molecule has 7 nitrogen and oxygen atoms in total. The van der Waals surface area contributed by atoms with E-state index in [1.807, 2.05) is 4.72 Å². The normalized spacial score (nSPS) is 10.9. The van der Waals surface area contributed by atoms with E-state index in [2.05, 4.69) is 0 Å². The van der Waals surface area contributed by atoms with E-state index < -0.39 is 28.6 Å². The lowest BCUT2D eigenvalue weighted by Crippen LogP contribution is -2.45. The topological polar surface area (TPSA) is 104 Å². The van der Waals surface area contributed by atoms with Gasteiger partial charge in [0, 0.05) is 5.69 Å².